The lowest BCUT2D eigenvalue weighted by molar-refractivity contribution is -0.113. The van der Waals surface area contributed by atoms with Gasteiger partial charge < -0.3 is 10.3 Å². The van der Waals surface area contributed by atoms with Crippen molar-refractivity contribution in [3.05, 3.63) is 11.7 Å². The van der Waals surface area contributed by atoms with Gasteiger partial charge in [-0.1, -0.05) is 19.0 Å². The van der Waals surface area contributed by atoms with E-state index in [1.165, 1.54) is 38.5 Å². The lowest BCUT2D eigenvalue weighted by Gasteiger charge is -2.64. The summed E-state index contributed by atoms with van der Waals surface area (Å²) < 4.78 is 5.40. The molecule has 0 spiro atoms. The molecule has 0 aliphatic heterocycles. The second-order valence-corrected chi connectivity index (χ2v) is 8.66. The molecule has 0 aromatic carbocycles. The van der Waals surface area contributed by atoms with Gasteiger partial charge >= 0.3 is 0 Å². The Balaban J connectivity index is 1.76. The third-order valence-electron chi connectivity index (χ3n) is 5.93. The van der Waals surface area contributed by atoms with E-state index in [0.29, 0.717) is 16.7 Å². The zero-order valence-electron chi connectivity index (χ0n) is 12.8. The SMILES string of the molecule is CC(N)c1nc(C23CC4CC(C)(CC(C)(C4)C2)C3)no1. The number of hydrogen-bond acceptors (Lipinski definition) is 4. The van der Waals surface area contributed by atoms with Crippen LogP contribution in [0.2, 0.25) is 0 Å². The molecular weight excluding hydrogens is 250 g/mol. The van der Waals surface area contributed by atoms with Crippen molar-refractivity contribution in [2.24, 2.45) is 22.5 Å². The van der Waals surface area contributed by atoms with Crippen molar-refractivity contribution in [1.29, 1.82) is 0 Å². The monoisotopic (exact) mass is 275 g/mol. The first-order valence-corrected chi connectivity index (χ1v) is 7.91. The van der Waals surface area contributed by atoms with Crippen LogP contribution in [0.5, 0.6) is 0 Å². The van der Waals surface area contributed by atoms with E-state index in [1.807, 2.05) is 6.92 Å². The number of aromatic nitrogens is 2. The van der Waals surface area contributed by atoms with Gasteiger partial charge in [0.25, 0.3) is 0 Å². The Hall–Kier alpha value is -0.900. The lowest BCUT2D eigenvalue weighted by Crippen LogP contribution is -2.57. The van der Waals surface area contributed by atoms with E-state index in [2.05, 4.69) is 24.0 Å². The fourth-order valence-corrected chi connectivity index (χ4v) is 6.33. The molecule has 1 heterocycles. The van der Waals surface area contributed by atoms with Crippen LogP contribution in [0.3, 0.4) is 0 Å². The Bertz CT molecular complexity index is 532. The molecule has 3 unspecified atom stereocenters. The molecule has 2 N–H and O–H groups in total. The van der Waals surface area contributed by atoms with Gasteiger partial charge in [0.2, 0.25) is 5.89 Å². The largest absolute Gasteiger partial charge is 0.338 e. The van der Waals surface area contributed by atoms with Crippen molar-refractivity contribution in [1.82, 2.24) is 10.1 Å². The maximum Gasteiger partial charge on any atom is 0.243 e. The van der Waals surface area contributed by atoms with Crippen LogP contribution in [0.1, 0.15) is 77.1 Å². The first-order chi connectivity index (χ1) is 9.32. The third kappa shape index (κ3) is 1.70. The van der Waals surface area contributed by atoms with E-state index < -0.39 is 0 Å². The van der Waals surface area contributed by atoms with Crippen LogP contribution >= 0.6 is 0 Å². The highest BCUT2D eigenvalue weighted by molar-refractivity contribution is 5.21. The molecule has 4 aliphatic carbocycles. The maximum atomic E-state index is 5.87. The summed E-state index contributed by atoms with van der Waals surface area (Å²) in [5, 5.41) is 4.32. The van der Waals surface area contributed by atoms with Crippen LogP contribution in [0.25, 0.3) is 0 Å². The molecule has 4 bridgehead atoms. The van der Waals surface area contributed by atoms with Crippen LogP contribution in [-0.4, -0.2) is 10.1 Å². The van der Waals surface area contributed by atoms with E-state index in [-0.39, 0.29) is 11.5 Å². The van der Waals surface area contributed by atoms with Crippen LogP contribution in [0, 0.1) is 16.7 Å². The van der Waals surface area contributed by atoms with Gasteiger partial charge in [-0.2, -0.15) is 4.98 Å². The van der Waals surface area contributed by atoms with E-state index in [9.17, 15) is 0 Å². The Morgan fingerprint density at radius 1 is 1.15 bits per heavy atom. The molecule has 0 saturated heterocycles. The molecule has 5 rings (SSSR count). The highest BCUT2D eigenvalue weighted by Gasteiger charge is 2.62. The average Bonchev–Trinajstić information content (AvgIpc) is 2.72. The first-order valence-electron chi connectivity index (χ1n) is 7.91. The molecule has 1 aromatic heterocycles. The minimum absolute atomic E-state index is 0.152. The molecule has 0 amide bonds. The highest BCUT2D eigenvalue weighted by Crippen LogP contribution is 2.69. The normalized spacial score (nSPS) is 47.7. The molecule has 3 atom stereocenters. The predicted molar refractivity (Wildman–Crippen MR) is 76.0 cm³/mol. The van der Waals surface area contributed by atoms with Crippen molar-refractivity contribution in [3.8, 4) is 0 Å². The summed E-state index contributed by atoms with van der Waals surface area (Å²) in [5.41, 5.74) is 6.98. The molecule has 4 fully saturated rings. The zero-order valence-corrected chi connectivity index (χ0v) is 12.8. The summed E-state index contributed by atoms with van der Waals surface area (Å²) in [5.74, 6) is 2.37. The Morgan fingerprint density at radius 3 is 2.30 bits per heavy atom. The first kappa shape index (κ1) is 12.8. The van der Waals surface area contributed by atoms with Gasteiger partial charge in [-0.15, -0.1) is 0 Å². The van der Waals surface area contributed by atoms with Gasteiger partial charge in [0.15, 0.2) is 5.82 Å². The van der Waals surface area contributed by atoms with Gasteiger partial charge in [0.1, 0.15) is 0 Å². The van der Waals surface area contributed by atoms with Gasteiger partial charge in [0, 0.05) is 5.41 Å². The van der Waals surface area contributed by atoms with Crippen LogP contribution in [0.15, 0.2) is 4.52 Å². The number of hydrogen-bond donors (Lipinski definition) is 1. The maximum absolute atomic E-state index is 5.87. The molecule has 4 nitrogen and oxygen atoms in total. The molecule has 1 aromatic rings. The second kappa shape index (κ2) is 3.65. The second-order valence-electron chi connectivity index (χ2n) is 8.66. The molecule has 110 valence electrons. The van der Waals surface area contributed by atoms with Crippen molar-refractivity contribution < 1.29 is 4.52 Å². The van der Waals surface area contributed by atoms with Crippen LogP contribution in [0.4, 0.5) is 0 Å². The summed E-state index contributed by atoms with van der Waals surface area (Å²) >= 11 is 0. The number of rotatable bonds is 2. The van der Waals surface area contributed by atoms with Crippen LogP contribution < -0.4 is 5.73 Å². The average molecular weight is 275 g/mol. The summed E-state index contributed by atoms with van der Waals surface area (Å²) in [4.78, 5) is 4.66. The molecule has 0 radical (unpaired) electrons. The van der Waals surface area contributed by atoms with Gasteiger partial charge in [-0.05, 0) is 62.2 Å². The fraction of sp³-hybridized carbons (Fsp3) is 0.875. The van der Waals surface area contributed by atoms with Crippen molar-refractivity contribution >= 4 is 0 Å². The molecular formula is C16H25N3O. The van der Waals surface area contributed by atoms with E-state index in [1.54, 1.807) is 0 Å². The summed E-state index contributed by atoms with van der Waals surface area (Å²) in [6.07, 6.45) is 7.85. The predicted octanol–water partition coefficient (Wildman–Crippen LogP) is 3.34. The van der Waals surface area contributed by atoms with Crippen LogP contribution in [-0.2, 0) is 5.41 Å². The summed E-state index contributed by atoms with van der Waals surface area (Å²) in [7, 11) is 0. The van der Waals surface area contributed by atoms with E-state index in [0.717, 1.165) is 11.7 Å². The molecule has 20 heavy (non-hydrogen) atoms. The number of nitrogens with zero attached hydrogens (tertiary/aromatic N) is 2. The summed E-state index contributed by atoms with van der Waals surface area (Å²) in [6.45, 7) is 6.84. The smallest absolute Gasteiger partial charge is 0.243 e. The number of nitrogens with two attached hydrogens (primary N) is 1. The highest BCUT2D eigenvalue weighted by atomic mass is 16.5. The van der Waals surface area contributed by atoms with Crippen molar-refractivity contribution in [2.45, 2.75) is 70.8 Å². The molecule has 4 saturated carbocycles. The topological polar surface area (TPSA) is 64.9 Å². The van der Waals surface area contributed by atoms with Crippen molar-refractivity contribution in [2.75, 3.05) is 0 Å². The molecule has 4 aliphatic rings. The third-order valence-corrected chi connectivity index (χ3v) is 5.93. The fourth-order valence-electron chi connectivity index (χ4n) is 6.33. The molecule has 4 heteroatoms. The minimum atomic E-state index is -0.170. The van der Waals surface area contributed by atoms with Gasteiger partial charge in [-0.25, -0.2) is 0 Å². The van der Waals surface area contributed by atoms with E-state index >= 15 is 0 Å². The van der Waals surface area contributed by atoms with Crippen molar-refractivity contribution in [3.63, 3.8) is 0 Å². The van der Waals surface area contributed by atoms with E-state index in [4.69, 9.17) is 10.3 Å². The Kier molecular flexibility index (Phi) is 2.34. The zero-order chi connectivity index (χ0) is 14.2. The Morgan fingerprint density at radius 2 is 1.80 bits per heavy atom. The minimum Gasteiger partial charge on any atom is -0.338 e. The van der Waals surface area contributed by atoms with Gasteiger partial charge in [-0.3, -0.25) is 0 Å². The standard InChI is InChI=1S/C16H25N3O/c1-10(17)12-18-13(19-20-12)16-6-11-4-14(2,8-16)7-15(3,5-11)9-16/h10-11H,4-9,17H2,1-3H3. The Labute approximate surface area is 120 Å². The summed E-state index contributed by atoms with van der Waals surface area (Å²) in [6, 6.07) is -0.170. The van der Waals surface area contributed by atoms with Gasteiger partial charge in [0.05, 0.1) is 6.04 Å². The lowest BCUT2D eigenvalue weighted by atomic mass is 9.40. The quantitative estimate of drug-likeness (QED) is 0.899.